The van der Waals surface area contributed by atoms with E-state index in [2.05, 4.69) is 10.3 Å². The Morgan fingerprint density at radius 3 is 2.56 bits per heavy atom. The lowest BCUT2D eigenvalue weighted by atomic mass is 10.1. The number of ether oxygens (including phenoxy) is 2. The second kappa shape index (κ2) is 9.18. The molecule has 2 aromatic heterocycles. The van der Waals surface area contributed by atoms with Gasteiger partial charge in [0.15, 0.2) is 0 Å². The van der Waals surface area contributed by atoms with Gasteiger partial charge in [-0.2, -0.15) is 0 Å². The molecule has 32 heavy (non-hydrogen) atoms. The number of carbonyl (C=O) groups is 1. The summed E-state index contributed by atoms with van der Waals surface area (Å²) in [6, 6.07) is 15.5. The fourth-order valence-electron chi connectivity index (χ4n) is 3.47. The minimum atomic E-state index is -0.289. The predicted octanol–water partition coefficient (Wildman–Crippen LogP) is 6.71. The molecular weight excluding hydrogens is 444 g/mol. The van der Waals surface area contributed by atoms with Gasteiger partial charge in [0.05, 0.1) is 17.8 Å². The Kier molecular flexibility index (Phi) is 6.35. The average Bonchev–Trinajstić information content (AvgIpc) is 3.13. The molecule has 7 heteroatoms. The molecule has 0 fully saturated rings. The largest absolute Gasteiger partial charge is 0.497 e. The topological polar surface area (TPSA) is 60.5 Å². The predicted molar refractivity (Wildman–Crippen MR) is 131 cm³/mol. The van der Waals surface area contributed by atoms with Crippen LogP contribution < -0.4 is 14.8 Å². The molecule has 1 amide bonds. The van der Waals surface area contributed by atoms with E-state index in [9.17, 15) is 4.79 Å². The van der Waals surface area contributed by atoms with Crippen molar-refractivity contribution in [3.05, 3.63) is 80.8 Å². The molecule has 1 N–H and O–H groups in total. The highest BCUT2D eigenvalue weighted by molar-refractivity contribution is 7.21. The van der Waals surface area contributed by atoms with E-state index in [4.69, 9.17) is 21.1 Å². The van der Waals surface area contributed by atoms with Gasteiger partial charge >= 0.3 is 0 Å². The smallest absolute Gasteiger partial charge is 0.268 e. The molecule has 0 spiro atoms. The summed E-state index contributed by atoms with van der Waals surface area (Å²) in [5.74, 6) is 1.67. The number of benzene rings is 2. The summed E-state index contributed by atoms with van der Waals surface area (Å²) in [6.07, 6.45) is 0. The fraction of sp³-hybridized carbons (Fsp3) is 0.200. The Balaban J connectivity index is 1.58. The Bertz CT molecular complexity index is 1300. The van der Waals surface area contributed by atoms with E-state index in [1.165, 1.54) is 11.3 Å². The van der Waals surface area contributed by atoms with Crippen LogP contribution in [0.4, 0.5) is 5.82 Å². The van der Waals surface area contributed by atoms with Crippen LogP contribution >= 0.6 is 22.9 Å². The number of amides is 1. The molecule has 0 aliphatic heterocycles. The van der Waals surface area contributed by atoms with Crippen molar-refractivity contribution >= 4 is 44.7 Å². The minimum absolute atomic E-state index is 0.289. The van der Waals surface area contributed by atoms with E-state index in [1.807, 2.05) is 69.3 Å². The number of halogens is 1. The highest BCUT2D eigenvalue weighted by atomic mass is 35.5. The molecule has 164 valence electrons. The van der Waals surface area contributed by atoms with Gasteiger partial charge in [0.25, 0.3) is 5.91 Å². The number of hydrogen-bond donors (Lipinski definition) is 1. The van der Waals surface area contributed by atoms with E-state index >= 15 is 0 Å². The van der Waals surface area contributed by atoms with Gasteiger partial charge in [-0.05, 0) is 55.7 Å². The van der Waals surface area contributed by atoms with Crippen molar-refractivity contribution in [1.82, 2.24) is 4.98 Å². The first-order chi connectivity index (χ1) is 15.4. The number of methoxy groups -OCH3 is 1. The quantitative estimate of drug-likeness (QED) is 0.343. The fourth-order valence-corrected chi connectivity index (χ4v) is 4.91. The number of thiophene rings is 1. The number of pyridine rings is 1. The second-order valence-electron chi connectivity index (χ2n) is 7.46. The van der Waals surface area contributed by atoms with Gasteiger partial charge in [-0.25, -0.2) is 4.98 Å². The summed E-state index contributed by atoms with van der Waals surface area (Å²) in [5.41, 5.74) is 3.59. The summed E-state index contributed by atoms with van der Waals surface area (Å²) in [7, 11) is 1.61. The summed E-state index contributed by atoms with van der Waals surface area (Å²) < 4.78 is 12.2. The molecule has 5 nitrogen and oxygen atoms in total. The van der Waals surface area contributed by atoms with Crippen LogP contribution in [0.2, 0.25) is 5.02 Å². The standard InChI is InChI=1S/C25H23ClN2O3S/c1-14-15(2)24(27-16(3)22(14)31-13-17-8-6-5-7-9-17)28-25(29)23-21(26)19-11-10-18(30-4)12-20(19)32-23/h5-12H,13H2,1-4H3,(H,27,28,29). The lowest BCUT2D eigenvalue weighted by Gasteiger charge is -2.17. The number of aryl methyl sites for hydroxylation is 1. The van der Waals surface area contributed by atoms with Crippen LogP contribution in [0.1, 0.15) is 32.1 Å². The van der Waals surface area contributed by atoms with E-state index < -0.39 is 0 Å². The zero-order valence-electron chi connectivity index (χ0n) is 18.3. The van der Waals surface area contributed by atoms with Crippen molar-refractivity contribution in [3.8, 4) is 11.5 Å². The molecule has 0 unspecified atom stereocenters. The highest BCUT2D eigenvalue weighted by Crippen LogP contribution is 2.38. The monoisotopic (exact) mass is 466 g/mol. The third kappa shape index (κ3) is 4.29. The van der Waals surface area contributed by atoms with Crippen molar-refractivity contribution in [1.29, 1.82) is 0 Å². The normalized spacial score (nSPS) is 10.9. The molecular formula is C25H23ClN2O3S. The Morgan fingerprint density at radius 2 is 1.84 bits per heavy atom. The van der Waals surface area contributed by atoms with Crippen LogP contribution in [-0.4, -0.2) is 18.0 Å². The van der Waals surface area contributed by atoms with Crippen LogP contribution in [0.5, 0.6) is 11.5 Å². The highest BCUT2D eigenvalue weighted by Gasteiger charge is 2.21. The van der Waals surface area contributed by atoms with Gasteiger partial charge in [0.2, 0.25) is 0 Å². The Morgan fingerprint density at radius 1 is 1.09 bits per heavy atom. The molecule has 2 heterocycles. The van der Waals surface area contributed by atoms with Crippen molar-refractivity contribution in [3.63, 3.8) is 0 Å². The molecule has 0 aliphatic rings. The molecule has 4 rings (SSSR count). The van der Waals surface area contributed by atoms with E-state index in [1.54, 1.807) is 7.11 Å². The molecule has 0 aliphatic carbocycles. The van der Waals surface area contributed by atoms with Gasteiger partial charge in [-0.1, -0.05) is 41.9 Å². The minimum Gasteiger partial charge on any atom is -0.497 e. The molecule has 0 saturated carbocycles. The number of anilines is 1. The Labute approximate surface area is 196 Å². The summed E-state index contributed by atoms with van der Waals surface area (Å²) in [5, 5.41) is 4.18. The van der Waals surface area contributed by atoms with E-state index in [-0.39, 0.29) is 5.91 Å². The number of carbonyl (C=O) groups excluding carboxylic acids is 1. The van der Waals surface area contributed by atoms with Gasteiger partial charge in [-0.3, -0.25) is 4.79 Å². The summed E-state index contributed by atoms with van der Waals surface area (Å²) >= 11 is 7.84. The summed E-state index contributed by atoms with van der Waals surface area (Å²) in [6.45, 7) is 6.22. The first kappa shape index (κ1) is 22.1. The summed E-state index contributed by atoms with van der Waals surface area (Å²) in [4.78, 5) is 18.1. The lowest BCUT2D eigenvalue weighted by Crippen LogP contribution is -2.15. The van der Waals surface area contributed by atoms with Crippen molar-refractivity contribution in [2.75, 3.05) is 12.4 Å². The van der Waals surface area contributed by atoms with Crippen molar-refractivity contribution in [2.24, 2.45) is 0 Å². The second-order valence-corrected chi connectivity index (χ2v) is 8.89. The number of hydrogen-bond acceptors (Lipinski definition) is 5. The first-order valence-corrected chi connectivity index (χ1v) is 11.3. The van der Waals surface area contributed by atoms with Crippen LogP contribution in [-0.2, 0) is 6.61 Å². The zero-order chi connectivity index (χ0) is 22.8. The SMILES string of the molecule is COc1ccc2c(Cl)c(C(=O)Nc3nc(C)c(OCc4ccccc4)c(C)c3C)sc2c1. The van der Waals surface area contributed by atoms with Crippen LogP contribution in [0, 0.1) is 20.8 Å². The van der Waals surface area contributed by atoms with Gasteiger partial charge in [0.1, 0.15) is 28.8 Å². The maximum absolute atomic E-state index is 13.0. The van der Waals surface area contributed by atoms with Gasteiger partial charge < -0.3 is 14.8 Å². The average molecular weight is 467 g/mol. The molecule has 2 aromatic carbocycles. The number of nitrogens with one attached hydrogen (secondary N) is 1. The Hall–Kier alpha value is -3.09. The van der Waals surface area contributed by atoms with E-state index in [0.29, 0.717) is 28.0 Å². The number of nitrogens with zero attached hydrogens (tertiary/aromatic N) is 1. The maximum atomic E-state index is 13.0. The van der Waals surface area contributed by atoms with Crippen LogP contribution in [0.25, 0.3) is 10.1 Å². The maximum Gasteiger partial charge on any atom is 0.268 e. The molecule has 0 atom stereocenters. The first-order valence-electron chi connectivity index (χ1n) is 10.1. The molecule has 4 aromatic rings. The van der Waals surface area contributed by atoms with Gasteiger partial charge in [0, 0.05) is 10.1 Å². The number of aromatic nitrogens is 1. The molecule has 0 radical (unpaired) electrons. The lowest BCUT2D eigenvalue weighted by molar-refractivity contribution is 0.103. The van der Waals surface area contributed by atoms with Crippen molar-refractivity contribution in [2.45, 2.75) is 27.4 Å². The van der Waals surface area contributed by atoms with Crippen molar-refractivity contribution < 1.29 is 14.3 Å². The van der Waals surface area contributed by atoms with Crippen LogP contribution in [0.15, 0.2) is 48.5 Å². The zero-order valence-corrected chi connectivity index (χ0v) is 19.9. The number of rotatable bonds is 6. The molecule has 0 bridgehead atoms. The van der Waals surface area contributed by atoms with Gasteiger partial charge in [-0.15, -0.1) is 11.3 Å². The number of fused-ring (bicyclic) bond motifs is 1. The third-order valence-corrected chi connectivity index (χ3v) is 7.02. The van der Waals surface area contributed by atoms with Crippen LogP contribution in [0.3, 0.4) is 0 Å². The van der Waals surface area contributed by atoms with E-state index in [0.717, 1.165) is 38.3 Å². The molecule has 0 saturated heterocycles. The third-order valence-electron chi connectivity index (χ3n) is 5.37.